The van der Waals surface area contributed by atoms with Gasteiger partial charge < -0.3 is 25.0 Å². The van der Waals surface area contributed by atoms with Crippen molar-refractivity contribution in [2.45, 2.75) is 31.8 Å². The van der Waals surface area contributed by atoms with Gasteiger partial charge in [0.1, 0.15) is 6.10 Å². The zero-order valence-corrected chi connectivity index (χ0v) is 12.1. The molecule has 1 amide bonds. The van der Waals surface area contributed by atoms with Crippen molar-refractivity contribution < 1.29 is 24.5 Å². The maximum Gasteiger partial charge on any atom is 0.216 e. The van der Waals surface area contributed by atoms with Gasteiger partial charge in [0.2, 0.25) is 5.91 Å². The highest BCUT2D eigenvalue weighted by Gasteiger charge is 2.24. The summed E-state index contributed by atoms with van der Waals surface area (Å²) in [5, 5.41) is 24.3. The van der Waals surface area contributed by atoms with Crippen LogP contribution in [0.1, 0.15) is 36.2 Å². The number of ether oxygens (including phenoxy) is 2. The second kappa shape index (κ2) is 7.14. The first-order valence-corrected chi connectivity index (χ1v) is 7.38. The smallest absolute Gasteiger partial charge is 0.216 e. The molecule has 2 heterocycles. The van der Waals surface area contributed by atoms with E-state index in [0.717, 1.165) is 4.88 Å². The average molecular weight is 301 g/mol. The molecule has 1 aliphatic heterocycles. The van der Waals surface area contributed by atoms with Crippen molar-refractivity contribution in [3.8, 4) is 0 Å². The van der Waals surface area contributed by atoms with Crippen molar-refractivity contribution in [1.82, 2.24) is 5.32 Å². The summed E-state index contributed by atoms with van der Waals surface area (Å²) in [5.41, 5.74) is 0.638. The standard InChI is InChI=1S/C13H19NO5S/c1-8(15)14-3-2-10(16)12(17)9-6-11(20-7-9)13-18-4-5-19-13/h6-7,10,12-13,16-17H,2-5H2,1H3,(H,14,15). The molecule has 3 N–H and O–H groups in total. The SMILES string of the molecule is CC(=O)NCCC(O)C(O)c1csc(C2OCCO2)c1. The molecule has 1 aromatic heterocycles. The highest BCUT2D eigenvalue weighted by Crippen LogP contribution is 2.32. The van der Waals surface area contributed by atoms with Gasteiger partial charge in [0, 0.05) is 13.5 Å². The molecule has 1 aromatic rings. The summed E-state index contributed by atoms with van der Waals surface area (Å²) in [6.45, 7) is 2.88. The minimum Gasteiger partial charge on any atom is -0.390 e. The third-order valence-electron chi connectivity index (χ3n) is 3.01. The largest absolute Gasteiger partial charge is 0.390 e. The molecule has 0 saturated carbocycles. The Labute approximate surface area is 121 Å². The molecule has 112 valence electrons. The summed E-state index contributed by atoms with van der Waals surface area (Å²) in [4.78, 5) is 11.6. The van der Waals surface area contributed by atoms with Crippen LogP contribution in [0.5, 0.6) is 0 Å². The van der Waals surface area contributed by atoms with E-state index in [0.29, 0.717) is 31.7 Å². The van der Waals surface area contributed by atoms with Crippen LogP contribution in [0.2, 0.25) is 0 Å². The number of rotatable bonds is 6. The van der Waals surface area contributed by atoms with Gasteiger partial charge in [-0.1, -0.05) is 0 Å². The van der Waals surface area contributed by atoms with Gasteiger partial charge in [-0.2, -0.15) is 0 Å². The monoisotopic (exact) mass is 301 g/mol. The van der Waals surface area contributed by atoms with Crippen molar-refractivity contribution in [1.29, 1.82) is 0 Å². The van der Waals surface area contributed by atoms with Crippen LogP contribution < -0.4 is 5.32 Å². The van der Waals surface area contributed by atoms with Crippen molar-refractivity contribution in [2.75, 3.05) is 19.8 Å². The number of carbonyl (C=O) groups is 1. The Hall–Kier alpha value is -0.990. The average Bonchev–Trinajstić information content (AvgIpc) is 3.07. The summed E-state index contributed by atoms with van der Waals surface area (Å²) in [6, 6.07) is 1.78. The number of aliphatic hydroxyl groups is 2. The second-order valence-electron chi connectivity index (χ2n) is 4.64. The Balaban J connectivity index is 1.87. The van der Waals surface area contributed by atoms with Crippen molar-refractivity contribution in [3.05, 3.63) is 21.9 Å². The Morgan fingerprint density at radius 1 is 1.50 bits per heavy atom. The molecule has 2 rings (SSSR count). The van der Waals surface area contributed by atoms with Crippen LogP contribution in [0, 0.1) is 0 Å². The lowest BCUT2D eigenvalue weighted by molar-refractivity contribution is -0.119. The summed E-state index contributed by atoms with van der Waals surface area (Å²) in [6.07, 6.45) is -1.97. The minimum absolute atomic E-state index is 0.153. The molecule has 0 radical (unpaired) electrons. The summed E-state index contributed by atoms with van der Waals surface area (Å²) in [5.74, 6) is -0.153. The quantitative estimate of drug-likeness (QED) is 0.720. The molecule has 1 saturated heterocycles. The van der Waals surface area contributed by atoms with Gasteiger partial charge in [0.25, 0.3) is 0 Å². The summed E-state index contributed by atoms with van der Waals surface area (Å²) in [7, 11) is 0. The molecule has 1 fully saturated rings. The fourth-order valence-corrected chi connectivity index (χ4v) is 2.88. The van der Waals surface area contributed by atoms with Crippen LogP contribution >= 0.6 is 11.3 Å². The third kappa shape index (κ3) is 4.00. The van der Waals surface area contributed by atoms with Gasteiger partial charge in [-0.25, -0.2) is 0 Å². The highest BCUT2D eigenvalue weighted by molar-refractivity contribution is 7.10. The number of carbonyl (C=O) groups excluding carboxylic acids is 1. The van der Waals surface area contributed by atoms with Crippen LogP contribution in [0.3, 0.4) is 0 Å². The van der Waals surface area contributed by atoms with Crippen molar-refractivity contribution >= 4 is 17.2 Å². The van der Waals surface area contributed by atoms with E-state index in [2.05, 4.69) is 5.32 Å². The van der Waals surface area contributed by atoms with E-state index in [-0.39, 0.29) is 12.2 Å². The lowest BCUT2D eigenvalue weighted by Crippen LogP contribution is -2.27. The number of amides is 1. The van der Waals surface area contributed by atoms with Crippen LogP contribution in [0.25, 0.3) is 0 Å². The molecule has 0 bridgehead atoms. The maximum absolute atomic E-state index is 10.7. The van der Waals surface area contributed by atoms with Gasteiger partial charge >= 0.3 is 0 Å². The zero-order valence-electron chi connectivity index (χ0n) is 11.2. The molecule has 2 atom stereocenters. The van der Waals surface area contributed by atoms with Gasteiger partial charge in [0.15, 0.2) is 6.29 Å². The van der Waals surface area contributed by atoms with Crippen LogP contribution in [-0.2, 0) is 14.3 Å². The molecule has 6 nitrogen and oxygen atoms in total. The van der Waals surface area contributed by atoms with E-state index in [4.69, 9.17) is 9.47 Å². The van der Waals surface area contributed by atoms with E-state index < -0.39 is 12.2 Å². The predicted octanol–water partition coefficient (Wildman–Crippen LogP) is 0.714. The number of aliphatic hydroxyl groups excluding tert-OH is 2. The lowest BCUT2D eigenvalue weighted by Gasteiger charge is -2.17. The third-order valence-corrected chi connectivity index (χ3v) is 3.99. The molecular formula is C13H19NO5S. The van der Waals surface area contributed by atoms with Crippen LogP contribution in [0.4, 0.5) is 0 Å². The van der Waals surface area contributed by atoms with Crippen LogP contribution in [-0.4, -0.2) is 42.0 Å². The molecule has 1 aliphatic rings. The molecule has 2 unspecified atom stereocenters. The van der Waals surface area contributed by atoms with Crippen molar-refractivity contribution in [3.63, 3.8) is 0 Å². The number of thiophene rings is 1. The fraction of sp³-hybridized carbons (Fsp3) is 0.615. The fourth-order valence-electron chi connectivity index (χ4n) is 1.95. The number of hydrogen-bond acceptors (Lipinski definition) is 6. The normalized spacial score (nSPS) is 18.9. The van der Waals surface area contributed by atoms with E-state index >= 15 is 0 Å². The Bertz CT molecular complexity index is 444. The zero-order chi connectivity index (χ0) is 14.5. The number of nitrogens with one attached hydrogen (secondary N) is 1. The van der Waals surface area contributed by atoms with E-state index in [1.165, 1.54) is 18.3 Å². The maximum atomic E-state index is 10.7. The topological polar surface area (TPSA) is 88.0 Å². The first kappa shape index (κ1) is 15.4. The molecule has 0 aromatic carbocycles. The van der Waals surface area contributed by atoms with E-state index in [1.807, 2.05) is 0 Å². The van der Waals surface area contributed by atoms with Gasteiger partial charge in [-0.05, 0) is 23.4 Å². The predicted molar refractivity (Wildman–Crippen MR) is 73.2 cm³/mol. The molecule has 0 spiro atoms. The minimum atomic E-state index is -0.977. The van der Waals surface area contributed by atoms with E-state index in [1.54, 1.807) is 11.4 Å². The molecular weight excluding hydrogens is 282 g/mol. The summed E-state index contributed by atoms with van der Waals surface area (Å²) >= 11 is 1.43. The molecule has 20 heavy (non-hydrogen) atoms. The molecule has 0 aliphatic carbocycles. The van der Waals surface area contributed by atoms with E-state index in [9.17, 15) is 15.0 Å². The van der Waals surface area contributed by atoms with Gasteiger partial charge in [-0.15, -0.1) is 11.3 Å². The van der Waals surface area contributed by atoms with Crippen LogP contribution in [0.15, 0.2) is 11.4 Å². The van der Waals surface area contributed by atoms with Crippen molar-refractivity contribution in [2.24, 2.45) is 0 Å². The Kier molecular flexibility index (Phi) is 5.50. The Morgan fingerprint density at radius 2 is 2.20 bits per heavy atom. The Morgan fingerprint density at radius 3 is 2.85 bits per heavy atom. The summed E-state index contributed by atoms with van der Waals surface area (Å²) < 4.78 is 10.8. The lowest BCUT2D eigenvalue weighted by atomic mass is 10.0. The first-order valence-electron chi connectivity index (χ1n) is 6.50. The second-order valence-corrected chi connectivity index (χ2v) is 5.58. The molecule has 7 heteroatoms. The highest BCUT2D eigenvalue weighted by atomic mass is 32.1. The van der Waals surface area contributed by atoms with Gasteiger partial charge in [0.05, 0.1) is 24.2 Å². The number of hydrogen-bond donors (Lipinski definition) is 3. The first-order chi connectivity index (χ1) is 9.58. The van der Waals surface area contributed by atoms with Gasteiger partial charge in [-0.3, -0.25) is 4.79 Å².